The Hall–Kier alpha value is -1.94. The minimum Gasteiger partial charge on any atom is -0.462 e. The number of ether oxygens (including phenoxy) is 4. The zero-order valence-corrected chi connectivity index (χ0v) is 62.7. The Bertz CT molecular complexity index is 1830. The predicted molar refractivity (Wildman–Crippen MR) is 377 cm³/mol. The zero-order chi connectivity index (χ0) is 68.9. The number of rotatable bonds is 71. The number of aliphatic hydroxyl groups is 1. The molecule has 93 heavy (non-hydrogen) atoms. The van der Waals surface area contributed by atoms with Crippen LogP contribution in [-0.4, -0.2) is 96.7 Å². The maximum Gasteiger partial charge on any atom is 0.472 e. The van der Waals surface area contributed by atoms with Gasteiger partial charge in [0, 0.05) is 25.7 Å². The van der Waals surface area contributed by atoms with E-state index < -0.39 is 97.5 Å². The maximum atomic E-state index is 13.1. The summed E-state index contributed by atoms with van der Waals surface area (Å²) in [5.74, 6) is 0.895. The number of carbonyl (C=O) groups is 4. The fourth-order valence-electron chi connectivity index (χ4n) is 11.2. The summed E-state index contributed by atoms with van der Waals surface area (Å²) in [6.45, 7) is 14.1. The zero-order valence-electron chi connectivity index (χ0n) is 60.9. The van der Waals surface area contributed by atoms with Crippen molar-refractivity contribution in [3.8, 4) is 0 Å². The van der Waals surface area contributed by atoms with E-state index in [1.54, 1.807) is 0 Å². The molecule has 0 radical (unpaired) electrons. The van der Waals surface area contributed by atoms with Gasteiger partial charge in [0.1, 0.15) is 19.3 Å². The first-order valence-electron chi connectivity index (χ1n) is 38.2. The standard InChI is InChI=1S/C74H144O17P2/c1-64(2)50-42-34-26-18-13-11-9-10-12-14-22-32-40-48-56-73(78)90-69(60-84-71(76)54-46-38-30-23-15-19-27-35-43-51-65(3)4)62-88-92(80,81)86-58-68(75)59-87-93(82,83)89-63-70(91-74(79)57-49-41-33-25-17-21-29-37-45-53-67(7)8)61-85-72(77)55-47-39-31-24-16-20-28-36-44-52-66(5)6/h64-70,75H,9-63H2,1-8H3,(H,80,81)(H,82,83)/t68-,69-,70-/m1/s1. The van der Waals surface area contributed by atoms with Crippen molar-refractivity contribution in [3.05, 3.63) is 0 Å². The molecule has 0 heterocycles. The second-order valence-electron chi connectivity index (χ2n) is 28.6. The van der Waals surface area contributed by atoms with Crippen LogP contribution in [0.5, 0.6) is 0 Å². The molecule has 0 saturated carbocycles. The number of hydrogen-bond acceptors (Lipinski definition) is 15. The summed E-state index contributed by atoms with van der Waals surface area (Å²) in [4.78, 5) is 72.7. The van der Waals surface area contributed by atoms with Crippen molar-refractivity contribution in [2.24, 2.45) is 23.7 Å². The summed E-state index contributed by atoms with van der Waals surface area (Å²) >= 11 is 0. The summed E-state index contributed by atoms with van der Waals surface area (Å²) < 4.78 is 68.5. The molecule has 0 fully saturated rings. The van der Waals surface area contributed by atoms with Crippen molar-refractivity contribution in [2.45, 2.75) is 388 Å². The summed E-state index contributed by atoms with van der Waals surface area (Å²) in [6, 6.07) is 0. The summed E-state index contributed by atoms with van der Waals surface area (Å²) in [5, 5.41) is 10.6. The molecule has 0 aliphatic carbocycles. The van der Waals surface area contributed by atoms with E-state index in [2.05, 4.69) is 55.4 Å². The fraction of sp³-hybridized carbons (Fsp3) is 0.946. The van der Waals surface area contributed by atoms with Crippen LogP contribution < -0.4 is 0 Å². The molecule has 0 saturated heterocycles. The number of aliphatic hydroxyl groups excluding tert-OH is 1. The van der Waals surface area contributed by atoms with Crippen LogP contribution in [0.25, 0.3) is 0 Å². The van der Waals surface area contributed by atoms with Gasteiger partial charge in [-0.15, -0.1) is 0 Å². The van der Waals surface area contributed by atoms with E-state index >= 15 is 0 Å². The van der Waals surface area contributed by atoms with Crippen molar-refractivity contribution in [1.82, 2.24) is 0 Å². The van der Waals surface area contributed by atoms with Crippen LogP contribution in [0, 0.1) is 23.7 Å². The van der Waals surface area contributed by atoms with Gasteiger partial charge in [0.15, 0.2) is 12.2 Å². The first-order chi connectivity index (χ1) is 44.6. The molecule has 2 unspecified atom stereocenters. The SMILES string of the molecule is CC(C)CCCCCCCCCCCCCCCCC(=O)O[C@H](COC(=O)CCCCCCCCCCCC(C)C)COP(=O)(O)OC[C@@H](O)COP(=O)(O)OC[C@@H](COC(=O)CCCCCCCCCCCC(C)C)OC(=O)CCCCCCCCCCCC(C)C. The molecule has 0 aromatic heterocycles. The largest absolute Gasteiger partial charge is 0.472 e. The number of phosphoric acid groups is 2. The van der Waals surface area contributed by atoms with Crippen molar-refractivity contribution >= 4 is 39.5 Å². The Labute approximate surface area is 568 Å². The van der Waals surface area contributed by atoms with Crippen molar-refractivity contribution in [2.75, 3.05) is 39.6 Å². The van der Waals surface area contributed by atoms with E-state index in [-0.39, 0.29) is 25.7 Å². The monoisotopic (exact) mass is 1370 g/mol. The maximum absolute atomic E-state index is 13.1. The minimum absolute atomic E-state index is 0.104. The average molecular weight is 1370 g/mol. The molecule has 0 bridgehead atoms. The highest BCUT2D eigenvalue weighted by Gasteiger charge is 2.30. The number of hydrogen-bond donors (Lipinski definition) is 3. The van der Waals surface area contributed by atoms with E-state index in [1.807, 2.05) is 0 Å². The van der Waals surface area contributed by atoms with E-state index in [0.717, 1.165) is 114 Å². The Kier molecular flexibility index (Phi) is 62.2. The molecule has 0 aliphatic heterocycles. The summed E-state index contributed by atoms with van der Waals surface area (Å²) in [6.07, 6.45) is 47.2. The topological polar surface area (TPSA) is 237 Å². The molecule has 0 rings (SSSR count). The van der Waals surface area contributed by atoms with Crippen LogP contribution in [0.1, 0.15) is 370 Å². The first-order valence-corrected chi connectivity index (χ1v) is 41.2. The van der Waals surface area contributed by atoms with Crippen LogP contribution in [0.15, 0.2) is 0 Å². The number of phosphoric ester groups is 2. The first kappa shape index (κ1) is 91.1. The van der Waals surface area contributed by atoms with Gasteiger partial charge < -0.3 is 33.8 Å². The number of carbonyl (C=O) groups excluding carboxylic acids is 4. The van der Waals surface area contributed by atoms with Gasteiger partial charge in [-0.25, -0.2) is 9.13 Å². The molecular formula is C74H144O17P2. The Morgan fingerprint density at radius 2 is 0.452 bits per heavy atom. The molecule has 3 N–H and O–H groups in total. The third-order valence-corrected chi connectivity index (χ3v) is 19.0. The second kappa shape index (κ2) is 63.5. The minimum atomic E-state index is -4.96. The van der Waals surface area contributed by atoms with Crippen LogP contribution in [-0.2, 0) is 65.4 Å². The molecule has 0 spiro atoms. The van der Waals surface area contributed by atoms with Gasteiger partial charge in [-0.1, -0.05) is 319 Å². The molecule has 0 aliphatic rings. The molecule has 0 aromatic carbocycles. The predicted octanol–water partition coefficient (Wildman–Crippen LogP) is 21.3. The lowest BCUT2D eigenvalue weighted by Gasteiger charge is -2.21. The number of esters is 4. The van der Waals surface area contributed by atoms with Gasteiger partial charge in [0.2, 0.25) is 0 Å². The lowest BCUT2D eigenvalue weighted by molar-refractivity contribution is -0.161. The Morgan fingerprint density at radius 1 is 0.269 bits per heavy atom. The normalized spacial score (nSPS) is 14.2. The van der Waals surface area contributed by atoms with Gasteiger partial charge in [0.25, 0.3) is 0 Å². The molecule has 552 valence electrons. The van der Waals surface area contributed by atoms with Crippen molar-refractivity contribution < 1.29 is 80.2 Å². The van der Waals surface area contributed by atoms with E-state index in [0.29, 0.717) is 25.7 Å². The number of unbranched alkanes of at least 4 members (excludes halogenated alkanes) is 37. The van der Waals surface area contributed by atoms with Gasteiger partial charge in [-0.2, -0.15) is 0 Å². The van der Waals surface area contributed by atoms with Gasteiger partial charge >= 0.3 is 39.5 Å². The highest BCUT2D eigenvalue weighted by molar-refractivity contribution is 7.47. The highest BCUT2D eigenvalue weighted by Crippen LogP contribution is 2.45. The fourth-order valence-corrected chi connectivity index (χ4v) is 12.8. The van der Waals surface area contributed by atoms with Gasteiger partial charge in [-0.3, -0.25) is 37.3 Å². The van der Waals surface area contributed by atoms with Crippen LogP contribution >= 0.6 is 15.6 Å². The van der Waals surface area contributed by atoms with E-state index in [1.165, 1.54) is 173 Å². The third-order valence-electron chi connectivity index (χ3n) is 17.1. The van der Waals surface area contributed by atoms with Crippen molar-refractivity contribution in [1.29, 1.82) is 0 Å². The molecule has 5 atom stereocenters. The van der Waals surface area contributed by atoms with Crippen LogP contribution in [0.3, 0.4) is 0 Å². The Morgan fingerprint density at radius 3 is 0.667 bits per heavy atom. The smallest absolute Gasteiger partial charge is 0.462 e. The van der Waals surface area contributed by atoms with Crippen LogP contribution in [0.2, 0.25) is 0 Å². The lowest BCUT2D eigenvalue weighted by atomic mass is 10.0. The highest BCUT2D eigenvalue weighted by atomic mass is 31.2. The third kappa shape index (κ3) is 68.4. The molecule has 0 amide bonds. The van der Waals surface area contributed by atoms with Gasteiger partial charge in [0.05, 0.1) is 26.4 Å². The van der Waals surface area contributed by atoms with Gasteiger partial charge in [-0.05, 0) is 49.4 Å². The molecule has 17 nitrogen and oxygen atoms in total. The van der Waals surface area contributed by atoms with E-state index in [4.69, 9.17) is 37.0 Å². The van der Waals surface area contributed by atoms with Crippen LogP contribution in [0.4, 0.5) is 0 Å². The summed E-state index contributed by atoms with van der Waals surface area (Å²) in [5.41, 5.74) is 0. The molecule has 19 heteroatoms. The van der Waals surface area contributed by atoms with E-state index in [9.17, 15) is 43.2 Å². The summed E-state index contributed by atoms with van der Waals surface area (Å²) in [7, 11) is -9.91. The van der Waals surface area contributed by atoms with Crippen molar-refractivity contribution in [3.63, 3.8) is 0 Å². The Balaban J connectivity index is 5.26. The second-order valence-corrected chi connectivity index (χ2v) is 31.5. The molecule has 0 aromatic rings. The average Bonchev–Trinajstić information content (AvgIpc) is 1.97. The molecular weight excluding hydrogens is 1220 g/mol. The quantitative estimate of drug-likeness (QED) is 0.0222. The lowest BCUT2D eigenvalue weighted by Crippen LogP contribution is -2.30.